The SMILES string of the molecule is [C-]#[N+]C[C@H]1CN(c2nc(OC[C@@H]3CCCN3C)nc3c2CCN(c2nncc4ccccc24)C3)CCN1C(=O)C=C. The van der Waals surface area contributed by atoms with Crippen LogP contribution >= 0.6 is 0 Å². The Kier molecular flexibility index (Phi) is 7.65. The molecular formula is C30H35N9O2. The summed E-state index contributed by atoms with van der Waals surface area (Å²) in [6, 6.07) is 8.64. The average Bonchev–Trinajstić information content (AvgIpc) is 3.43. The third kappa shape index (κ3) is 5.39. The smallest absolute Gasteiger partial charge is 0.318 e. The summed E-state index contributed by atoms with van der Waals surface area (Å²) in [6.07, 6.45) is 6.12. The number of piperazine rings is 1. The Labute approximate surface area is 240 Å². The number of nitrogens with zero attached hydrogens (tertiary/aromatic N) is 9. The molecule has 41 heavy (non-hydrogen) atoms. The van der Waals surface area contributed by atoms with Crippen LogP contribution in [0.5, 0.6) is 6.01 Å². The number of hydrogen-bond donors (Lipinski definition) is 0. The molecule has 1 aromatic carbocycles. The van der Waals surface area contributed by atoms with E-state index in [0.717, 1.165) is 66.0 Å². The van der Waals surface area contributed by atoms with Crippen LogP contribution in [0.4, 0.5) is 11.6 Å². The van der Waals surface area contributed by atoms with E-state index in [-0.39, 0.29) is 18.5 Å². The fourth-order valence-corrected chi connectivity index (χ4v) is 6.22. The molecule has 2 aromatic heterocycles. The molecule has 0 N–H and O–H groups in total. The zero-order chi connectivity index (χ0) is 28.3. The van der Waals surface area contributed by atoms with E-state index in [1.807, 2.05) is 18.2 Å². The monoisotopic (exact) mass is 553 g/mol. The van der Waals surface area contributed by atoms with Gasteiger partial charge in [-0.1, -0.05) is 30.8 Å². The first kappa shape index (κ1) is 26.9. The number of amides is 1. The number of fused-ring (bicyclic) bond motifs is 2. The van der Waals surface area contributed by atoms with Gasteiger partial charge in [-0.3, -0.25) is 4.79 Å². The minimum absolute atomic E-state index is 0.139. The Morgan fingerprint density at radius 1 is 1.15 bits per heavy atom. The van der Waals surface area contributed by atoms with Crippen molar-refractivity contribution in [1.29, 1.82) is 0 Å². The topological polar surface area (TPSA) is 95.2 Å². The highest BCUT2D eigenvalue weighted by Gasteiger charge is 2.35. The van der Waals surface area contributed by atoms with Crippen molar-refractivity contribution in [2.45, 2.75) is 37.9 Å². The molecule has 3 aliphatic rings. The van der Waals surface area contributed by atoms with Gasteiger partial charge >= 0.3 is 6.01 Å². The Morgan fingerprint density at radius 3 is 2.83 bits per heavy atom. The molecule has 0 spiro atoms. The largest absolute Gasteiger partial charge is 0.462 e. The van der Waals surface area contributed by atoms with Gasteiger partial charge in [0.2, 0.25) is 12.5 Å². The molecule has 0 unspecified atom stereocenters. The van der Waals surface area contributed by atoms with Gasteiger partial charge in [0.25, 0.3) is 0 Å². The normalized spacial score (nSPS) is 21.0. The van der Waals surface area contributed by atoms with Crippen molar-refractivity contribution in [3.63, 3.8) is 0 Å². The second kappa shape index (κ2) is 11.7. The Balaban J connectivity index is 1.33. The van der Waals surface area contributed by atoms with Crippen LogP contribution in [-0.2, 0) is 17.8 Å². The first-order valence-corrected chi connectivity index (χ1v) is 14.2. The first-order chi connectivity index (χ1) is 20.1. The molecule has 11 heteroatoms. The zero-order valence-electron chi connectivity index (χ0n) is 23.4. The molecule has 0 saturated carbocycles. The number of likely N-dealkylation sites (N-methyl/N-ethyl adjacent to an activating group) is 1. The third-order valence-electron chi connectivity index (χ3n) is 8.49. The van der Waals surface area contributed by atoms with Crippen LogP contribution in [0.1, 0.15) is 24.1 Å². The highest BCUT2D eigenvalue weighted by atomic mass is 16.5. The van der Waals surface area contributed by atoms with E-state index in [9.17, 15) is 4.79 Å². The minimum atomic E-state index is -0.236. The highest BCUT2D eigenvalue weighted by molar-refractivity contribution is 5.91. The predicted octanol–water partition coefficient (Wildman–Crippen LogP) is 2.58. The number of hydrogen-bond acceptors (Lipinski definition) is 9. The molecule has 2 saturated heterocycles. The Hall–Kier alpha value is -4.30. The van der Waals surface area contributed by atoms with E-state index < -0.39 is 0 Å². The summed E-state index contributed by atoms with van der Waals surface area (Å²) in [6.45, 7) is 15.9. The lowest BCUT2D eigenvalue weighted by Gasteiger charge is -2.41. The van der Waals surface area contributed by atoms with E-state index in [4.69, 9.17) is 21.3 Å². The van der Waals surface area contributed by atoms with Crippen molar-refractivity contribution in [3.05, 3.63) is 65.8 Å². The lowest BCUT2D eigenvalue weighted by molar-refractivity contribution is -0.128. The zero-order valence-corrected chi connectivity index (χ0v) is 23.4. The minimum Gasteiger partial charge on any atom is -0.462 e. The van der Waals surface area contributed by atoms with Gasteiger partial charge in [0.15, 0.2) is 5.82 Å². The summed E-state index contributed by atoms with van der Waals surface area (Å²) in [5.74, 6) is 1.55. The molecule has 3 aliphatic heterocycles. The number of ether oxygens (including phenoxy) is 1. The maximum Gasteiger partial charge on any atom is 0.318 e. The maximum absolute atomic E-state index is 12.5. The van der Waals surface area contributed by atoms with Crippen LogP contribution in [0.25, 0.3) is 15.6 Å². The van der Waals surface area contributed by atoms with Crippen LogP contribution in [0.15, 0.2) is 43.1 Å². The summed E-state index contributed by atoms with van der Waals surface area (Å²) in [5.41, 5.74) is 2.00. The van der Waals surface area contributed by atoms with Gasteiger partial charge < -0.3 is 29.2 Å². The van der Waals surface area contributed by atoms with Gasteiger partial charge in [0.1, 0.15) is 18.5 Å². The average molecular weight is 554 g/mol. The fraction of sp³-hybridized carbons (Fsp3) is 0.467. The second-order valence-electron chi connectivity index (χ2n) is 10.9. The van der Waals surface area contributed by atoms with Crippen LogP contribution in [0.3, 0.4) is 0 Å². The standard InChI is InChI=1S/C30H35N9O2/c1-4-27(40)39-15-14-38(18-23(39)17-31-2)28-25-11-13-37(29-24-10-6-5-8-21(24)16-32-35-29)19-26(25)33-30(34-28)41-20-22-9-7-12-36(22)3/h4-6,8,10,16,22-23H,1,7,9,11-15,17-20H2,3H3/t22-,23-/m0/s1. The molecule has 3 aromatic rings. The number of carbonyl (C=O) groups is 1. The summed E-state index contributed by atoms with van der Waals surface area (Å²) < 4.78 is 6.26. The van der Waals surface area contributed by atoms with E-state index in [1.165, 1.54) is 6.08 Å². The third-order valence-corrected chi connectivity index (χ3v) is 8.49. The second-order valence-corrected chi connectivity index (χ2v) is 10.9. The van der Waals surface area contributed by atoms with Gasteiger partial charge in [-0.15, -0.1) is 5.10 Å². The van der Waals surface area contributed by atoms with Crippen molar-refractivity contribution < 1.29 is 9.53 Å². The lowest BCUT2D eigenvalue weighted by atomic mass is 10.0. The molecule has 5 heterocycles. The molecule has 11 nitrogen and oxygen atoms in total. The molecule has 6 rings (SSSR count). The number of aromatic nitrogens is 4. The molecule has 212 valence electrons. The summed E-state index contributed by atoms with van der Waals surface area (Å²) in [7, 11) is 2.13. The van der Waals surface area contributed by atoms with Crippen molar-refractivity contribution in [2.24, 2.45) is 0 Å². The van der Waals surface area contributed by atoms with Crippen LogP contribution < -0.4 is 14.5 Å². The predicted molar refractivity (Wildman–Crippen MR) is 157 cm³/mol. The number of rotatable bonds is 7. The summed E-state index contributed by atoms with van der Waals surface area (Å²) in [5, 5.41) is 10.9. The van der Waals surface area contributed by atoms with Crippen molar-refractivity contribution >= 4 is 28.3 Å². The Bertz CT molecular complexity index is 1480. The number of likely N-dealkylation sites (tertiary alicyclic amines) is 1. The van der Waals surface area contributed by atoms with Crippen LogP contribution in [0, 0.1) is 6.57 Å². The van der Waals surface area contributed by atoms with E-state index in [0.29, 0.717) is 44.8 Å². The van der Waals surface area contributed by atoms with Crippen molar-refractivity contribution in [1.82, 2.24) is 30.0 Å². The van der Waals surface area contributed by atoms with E-state index in [1.54, 1.807) is 11.1 Å². The summed E-state index contributed by atoms with van der Waals surface area (Å²) in [4.78, 5) is 34.5. The highest BCUT2D eigenvalue weighted by Crippen LogP contribution is 2.33. The molecule has 0 radical (unpaired) electrons. The molecule has 1 amide bonds. The first-order valence-electron chi connectivity index (χ1n) is 14.2. The molecular weight excluding hydrogens is 518 g/mol. The Morgan fingerprint density at radius 2 is 2.02 bits per heavy atom. The van der Waals surface area contributed by atoms with Crippen molar-refractivity contribution in [2.75, 3.05) is 62.7 Å². The van der Waals surface area contributed by atoms with Gasteiger partial charge in [-0.2, -0.15) is 15.1 Å². The number of anilines is 2. The lowest BCUT2D eigenvalue weighted by Crippen LogP contribution is -2.56. The number of carbonyl (C=O) groups excluding carboxylic acids is 1. The van der Waals surface area contributed by atoms with Gasteiger partial charge in [-0.25, -0.2) is 6.57 Å². The molecule has 2 fully saturated rings. The quantitative estimate of drug-likeness (QED) is 0.323. The van der Waals surface area contributed by atoms with E-state index >= 15 is 0 Å². The van der Waals surface area contributed by atoms with Crippen LogP contribution in [0.2, 0.25) is 0 Å². The van der Waals surface area contributed by atoms with Crippen molar-refractivity contribution in [3.8, 4) is 6.01 Å². The summed E-state index contributed by atoms with van der Waals surface area (Å²) >= 11 is 0. The number of benzene rings is 1. The maximum atomic E-state index is 12.5. The van der Waals surface area contributed by atoms with E-state index in [2.05, 4.69) is 49.4 Å². The van der Waals surface area contributed by atoms with Gasteiger partial charge in [0, 0.05) is 48.6 Å². The van der Waals surface area contributed by atoms with Crippen LogP contribution in [-0.4, -0.2) is 101 Å². The van der Waals surface area contributed by atoms with Gasteiger partial charge in [-0.05, 0) is 38.9 Å². The fourth-order valence-electron chi connectivity index (χ4n) is 6.22. The molecule has 0 bridgehead atoms. The van der Waals surface area contributed by atoms with Gasteiger partial charge in [0.05, 0.1) is 18.4 Å². The molecule has 2 atom stereocenters. The molecule has 0 aliphatic carbocycles.